The van der Waals surface area contributed by atoms with Gasteiger partial charge in [-0.05, 0) is 44.4 Å². The van der Waals surface area contributed by atoms with Gasteiger partial charge >= 0.3 is 5.97 Å². The Morgan fingerprint density at radius 3 is 2.45 bits per heavy atom. The summed E-state index contributed by atoms with van der Waals surface area (Å²) in [5.41, 5.74) is -0.526. The first kappa shape index (κ1) is 30.7. The summed E-state index contributed by atoms with van der Waals surface area (Å²) in [4.78, 5) is 45.9. The molecule has 38 heavy (non-hydrogen) atoms. The number of ether oxygens (including phenoxy) is 1. The van der Waals surface area contributed by atoms with Gasteiger partial charge in [0.15, 0.2) is 0 Å². The molecule has 3 rings (SSSR count). The number of carbonyl (C=O) groups is 3. The van der Waals surface area contributed by atoms with Crippen molar-refractivity contribution in [2.24, 2.45) is 23.2 Å². The SMILES string of the molecule is C=CCOC(=O)[C@@H]1[C@H]2C(=O)N([C@@H](CO)[C@@H](C)CC)C(C(=O)N(CC=C)C(C)(C)CC(C)(C)C)C23CC[C@H]1S3. The summed E-state index contributed by atoms with van der Waals surface area (Å²) in [6.45, 7) is 22.4. The molecule has 2 amide bonds. The molecule has 1 N–H and O–H groups in total. The Bertz CT molecular complexity index is 943. The number of carbonyl (C=O) groups excluding carboxylic acids is 3. The summed E-state index contributed by atoms with van der Waals surface area (Å²) in [7, 11) is 0. The Kier molecular flexibility index (Phi) is 9.19. The molecule has 2 bridgehead atoms. The van der Waals surface area contributed by atoms with Crippen molar-refractivity contribution >= 4 is 29.5 Å². The molecule has 214 valence electrons. The minimum atomic E-state index is -0.766. The second-order valence-corrected chi connectivity index (χ2v) is 14.7. The number of hydrogen-bond acceptors (Lipinski definition) is 6. The van der Waals surface area contributed by atoms with Crippen LogP contribution < -0.4 is 0 Å². The van der Waals surface area contributed by atoms with Gasteiger partial charge in [-0.25, -0.2) is 0 Å². The van der Waals surface area contributed by atoms with Crippen molar-refractivity contribution in [2.45, 2.75) is 102 Å². The minimum Gasteiger partial charge on any atom is -0.461 e. The maximum absolute atomic E-state index is 14.8. The first-order valence-corrected chi connectivity index (χ1v) is 14.9. The number of aliphatic hydroxyl groups excluding tert-OH is 1. The Labute approximate surface area is 233 Å². The van der Waals surface area contributed by atoms with Gasteiger partial charge in [0.05, 0.1) is 29.2 Å². The average Bonchev–Trinajstić information content (AvgIpc) is 3.47. The van der Waals surface area contributed by atoms with Crippen LogP contribution in [0.1, 0.15) is 74.1 Å². The van der Waals surface area contributed by atoms with Crippen LogP contribution in [0.25, 0.3) is 0 Å². The molecule has 0 aromatic heterocycles. The predicted octanol–water partition coefficient (Wildman–Crippen LogP) is 4.44. The van der Waals surface area contributed by atoms with Crippen molar-refractivity contribution in [1.82, 2.24) is 9.80 Å². The summed E-state index contributed by atoms with van der Waals surface area (Å²) < 4.78 is 4.74. The fourth-order valence-electron chi connectivity index (χ4n) is 7.35. The van der Waals surface area contributed by atoms with E-state index >= 15 is 0 Å². The van der Waals surface area contributed by atoms with Gasteiger partial charge in [-0.2, -0.15) is 0 Å². The maximum atomic E-state index is 14.8. The van der Waals surface area contributed by atoms with Gasteiger partial charge in [-0.15, -0.1) is 18.3 Å². The van der Waals surface area contributed by atoms with Crippen LogP contribution in [0.2, 0.25) is 0 Å². The van der Waals surface area contributed by atoms with Gasteiger partial charge in [0.25, 0.3) is 0 Å². The largest absolute Gasteiger partial charge is 0.461 e. The summed E-state index contributed by atoms with van der Waals surface area (Å²) in [6, 6.07) is -1.28. The zero-order chi connectivity index (χ0) is 28.6. The number of thioether (sulfide) groups is 1. The van der Waals surface area contributed by atoms with Crippen molar-refractivity contribution < 1.29 is 24.2 Å². The van der Waals surface area contributed by atoms with Crippen molar-refractivity contribution in [2.75, 3.05) is 19.8 Å². The van der Waals surface area contributed by atoms with Crippen LogP contribution in [0, 0.1) is 23.2 Å². The summed E-state index contributed by atoms with van der Waals surface area (Å²) in [5, 5.41) is 10.5. The van der Waals surface area contributed by atoms with Crippen LogP contribution >= 0.6 is 11.8 Å². The molecule has 3 aliphatic heterocycles. The summed E-state index contributed by atoms with van der Waals surface area (Å²) in [6.07, 6.45) is 6.21. The van der Waals surface area contributed by atoms with E-state index < -0.39 is 40.2 Å². The van der Waals surface area contributed by atoms with Gasteiger partial charge in [0.1, 0.15) is 12.6 Å². The number of hydrogen-bond donors (Lipinski definition) is 1. The van der Waals surface area contributed by atoms with Crippen LogP contribution in [0.5, 0.6) is 0 Å². The van der Waals surface area contributed by atoms with Gasteiger partial charge in [0, 0.05) is 17.3 Å². The molecule has 3 fully saturated rings. The molecule has 7 atom stereocenters. The quantitative estimate of drug-likeness (QED) is 0.287. The maximum Gasteiger partial charge on any atom is 0.311 e. The number of fused-ring (bicyclic) bond motifs is 1. The van der Waals surface area contributed by atoms with Crippen LogP contribution in [-0.4, -0.2) is 80.1 Å². The Hall–Kier alpha value is -1.80. The van der Waals surface area contributed by atoms with E-state index in [-0.39, 0.29) is 41.6 Å². The topological polar surface area (TPSA) is 87.1 Å². The number of amides is 2. The molecular weight excluding hydrogens is 500 g/mol. The normalized spacial score (nSPS) is 30.1. The molecule has 0 aromatic rings. The molecule has 3 heterocycles. The number of likely N-dealkylation sites (tertiary alicyclic amines) is 1. The van der Waals surface area contributed by atoms with E-state index in [1.807, 2.05) is 18.7 Å². The standard InChI is InChI=1S/C30H48N2O5S/c1-10-15-31(29(8,9)18-28(5,6)7)26(35)24-30-14-13-21(38-30)22(27(36)37-16-11-2)23(30)25(34)32(24)20(17-33)19(4)12-3/h10-11,19-24,33H,1-2,12-18H2,3-9H3/t19-,20-,21+,22-,23-,24?,30?/m0/s1. The molecule has 0 radical (unpaired) electrons. The lowest BCUT2D eigenvalue weighted by atomic mass is 9.71. The van der Waals surface area contributed by atoms with E-state index in [1.54, 1.807) is 22.7 Å². The number of aliphatic hydroxyl groups is 1. The average molecular weight is 549 g/mol. The van der Waals surface area contributed by atoms with Gasteiger partial charge in [-0.1, -0.05) is 59.8 Å². The predicted molar refractivity (Wildman–Crippen MR) is 153 cm³/mol. The minimum absolute atomic E-state index is 0.0155. The highest BCUT2D eigenvalue weighted by Gasteiger charge is 2.75. The fourth-order valence-corrected chi connectivity index (χ4v) is 9.54. The van der Waals surface area contributed by atoms with Crippen LogP contribution in [0.3, 0.4) is 0 Å². The van der Waals surface area contributed by atoms with Crippen LogP contribution in [0.15, 0.2) is 25.3 Å². The zero-order valence-electron chi connectivity index (χ0n) is 24.4. The highest BCUT2D eigenvalue weighted by molar-refractivity contribution is 8.02. The Morgan fingerprint density at radius 2 is 1.92 bits per heavy atom. The molecule has 3 saturated heterocycles. The Balaban J connectivity index is 2.14. The van der Waals surface area contributed by atoms with Crippen LogP contribution in [-0.2, 0) is 19.1 Å². The van der Waals surface area contributed by atoms with E-state index in [0.29, 0.717) is 13.0 Å². The smallest absolute Gasteiger partial charge is 0.311 e. The van der Waals surface area contributed by atoms with E-state index in [4.69, 9.17) is 4.74 Å². The van der Waals surface area contributed by atoms with E-state index in [1.165, 1.54) is 6.08 Å². The third-order valence-corrected chi connectivity index (χ3v) is 10.7. The van der Waals surface area contributed by atoms with Crippen molar-refractivity contribution in [3.05, 3.63) is 25.3 Å². The molecule has 3 aliphatic rings. The number of rotatable bonds is 12. The first-order valence-electron chi connectivity index (χ1n) is 14.0. The van der Waals surface area contributed by atoms with Gasteiger partial charge in [-0.3, -0.25) is 14.4 Å². The highest BCUT2D eigenvalue weighted by Crippen LogP contribution is 2.67. The molecule has 0 aromatic carbocycles. The van der Waals surface area contributed by atoms with E-state index in [9.17, 15) is 19.5 Å². The molecule has 0 aliphatic carbocycles. The molecule has 0 saturated carbocycles. The number of nitrogens with zero attached hydrogens (tertiary/aromatic N) is 2. The van der Waals surface area contributed by atoms with Gasteiger partial charge in [0.2, 0.25) is 11.8 Å². The lowest BCUT2D eigenvalue weighted by molar-refractivity contribution is -0.154. The second kappa shape index (κ2) is 11.4. The van der Waals surface area contributed by atoms with Crippen molar-refractivity contribution in [3.63, 3.8) is 0 Å². The zero-order valence-corrected chi connectivity index (χ0v) is 25.2. The Morgan fingerprint density at radius 1 is 1.26 bits per heavy atom. The molecular formula is C30H48N2O5S. The summed E-state index contributed by atoms with van der Waals surface area (Å²) in [5.74, 6) is -1.98. The van der Waals surface area contributed by atoms with Crippen molar-refractivity contribution in [1.29, 1.82) is 0 Å². The molecule has 7 nitrogen and oxygen atoms in total. The van der Waals surface area contributed by atoms with Crippen molar-refractivity contribution in [3.8, 4) is 0 Å². The first-order chi connectivity index (χ1) is 17.7. The summed E-state index contributed by atoms with van der Waals surface area (Å²) >= 11 is 1.63. The highest BCUT2D eigenvalue weighted by atomic mass is 32.2. The second-order valence-electron chi connectivity index (χ2n) is 13.1. The molecule has 8 heteroatoms. The lowest BCUT2D eigenvalue weighted by Crippen LogP contribution is -2.62. The third-order valence-electron chi connectivity index (χ3n) is 8.70. The van der Waals surface area contributed by atoms with E-state index in [2.05, 4.69) is 47.8 Å². The van der Waals surface area contributed by atoms with Gasteiger partial charge < -0.3 is 19.6 Å². The molecule has 1 spiro atoms. The van der Waals surface area contributed by atoms with E-state index in [0.717, 1.165) is 19.3 Å². The fraction of sp³-hybridized carbons (Fsp3) is 0.767. The number of esters is 1. The molecule has 2 unspecified atom stereocenters. The lowest BCUT2D eigenvalue weighted by Gasteiger charge is -2.47. The monoisotopic (exact) mass is 548 g/mol. The van der Waals surface area contributed by atoms with Crippen LogP contribution in [0.4, 0.5) is 0 Å². The third kappa shape index (κ3) is 5.32.